The number of aliphatic carboxylic acids is 1. The summed E-state index contributed by atoms with van der Waals surface area (Å²) in [5.41, 5.74) is 5.02. The lowest BCUT2D eigenvalue weighted by atomic mass is 10.1. The number of imidazole rings is 1. The van der Waals surface area contributed by atoms with E-state index < -0.39 is 5.97 Å². The molecule has 2 aromatic carbocycles. The molecule has 1 atom stereocenters. The van der Waals surface area contributed by atoms with Gasteiger partial charge in [0, 0.05) is 29.7 Å². The summed E-state index contributed by atoms with van der Waals surface area (Å²) in [5, 5.41) is 10.6. The molecule has 2 N–H and O–H groups in total. The highest BCUT2D eigenvalue weighted by molar-refractivity contribution is 5.86. The van der Waals surface area contributed by atoms with Crippen LogP contribution in [-0.4, -0.2) is 25.2 Å². The van der Waals surface area contributed by atoms with E-state index in [9.17, 15) is 14.7 Å². The molecular weight excluding hydrogens is 378 g/mol. The van der Waals surface area contributed by atoms with E-state index in [1.807, 2.05) is 43.5 Å². The number of rotatable bonds is 8. The molecule has 4 aromatic rings. The Bertz CT molecular complexity index is 1260. The number of hydrogen-bond acceptors (Lipinski definition) is 2. The average Bonchev–Trinajstić information content (AvgIpc) is 3.25. The van der Waals surface area contributed by atoms with Gasteiger partial charge in [0.15, 0.2) is 0 Å². The zero-order valence-electron chi connectivity index (χ0n) is 17.4. The second-order valence-electron chi connectivity index (χ2n) is 7.89. The number of benzene rings is 2. The van der Waals surface area contributed by atoms with Crippen molar-refractivity contribution in [1.29, 1.82) is 0 Å². The number of aryl methyl sites for hydroxylation is 3. The highest BCUT2D eigenvalue weighted by Gasteiger charge is 2.22. The molecule has 30 heavy (non-hydrogen) atoms. The van der Waals surface area contributed by atoms with Gasteiger partial charge >= 0.3 is 11.7 Å². The Morgan fingerprint density at radius 1 is 1.13 bits per heavy atom. The van der Waals surface area contributed by atoms with E-state index in [1.165, 1.54) is 16.5 Å². The molecule has 4 rings (SSSR count). The van der Waals surface area contributed by atoms with Crippen LogP contribution >= 0.6 is 0 Å². The van der Waals surface area contributed by atoms with Crippen molar-refractivity contribution in [2.24, 2.45) is 0 Å². The number of nitrogens with zero attached hydrogens (tertiary/aromatic N) is 2. The van der Waals surface area contributed by atoms with E-state index in [1.54, 1.807) is 9.13 Å². The number of fused-ring (bicyclic) bond motifs is 2. The molecule has 0 aliphatic rings. The zero-order chi connectivity index (χ0) is 21.3. The summed E-state index contributed by atoms with van der Waals surface area (Å²) in [7, 11) is 0. The fraction of sp³-hybridized carbons (Fsp3) is 0.333. The summed E-state index contributed by atoms with van der Waals surface area (Å²) >= 11 is 0. The SMILES string of the molecule is CCCC(CC(=O)O)n1c(=O)n(CCc2c[nH]c3cccc(C)c23)c2ccccc21. The molecule has 0 aliphatic heterocycles. The van der Waals surface area contributed by atoms with Gasteiger partial charge in [-0.2, -0.15) is 0 Å². The monoisotopic (exact) mass is 405 g/mol. The van der Waals surface area contributed by atoms with Crippen LogP contribution in [-0.2, 0) is 17.8 Å². The van der Waals surface area contributed by atoms with E-state index in [2.05, 4.69) is 24.0 Å². The maximum absolute atomic E-state index is 13.4. The molecule has 1 unspecified atom stereocenters. The summed E-state index contributed by atoms with van der Waals surface area (Å²) in [4.78, 5) is 28.1. The molecular formula is C24H27N3O3. The van der Waals surface area contributed by atoms with Gasteiger partial charge in [-0.15, -0.1) is 0 Å². The van der Waals surface area contributed by atoms with Gasteiger partial charge < -0.3 is 10.1 Å². The first-order chi connectivity index (χ1) is 14.5. The molecule has 0 radical (unpaired) electrons. The smallest absolute Gasteiger partial charge is 0.329 e. The van der Waals surface area contributed by atoms with Crippen molar-refractivity contribution in [3.63, 3.8) is 0 Å². The molecule has 6 nitrogen and oxygen atoms in total. The van der Waals surface area contributed by atoms with Crippen LogP contribution in [0.3, 0.4) is 0 Å². The van der Waals surface area contributed by atoms with Crippen molar-refractivity contribution in [2.45, 2.75) is 52.1 Å². The van der Waals surface area contributed by atoms with Gasteiger partial charge in [-0.25, -0.2) is 4.79 Å². The van der Waals surface area contributed by atoms with E-state index in [4.69, 9.17) is 0 Å². The molecule has 6 heteroatoms. The Labute approximate surface area is 174 Å². The number of hydrogen-bond donors (Lipinski definition) is 2. The van der Waals surface area contributed by atoms with E-state index >= 15 is 0 Å². The number of carboxylic acids is 1. The highest BCUT2D eigenvalue weighted by atomic mass is 16.4. The minimum absolute atomic E-state index is 0.0522. The second kappa shape index (κ2) is 8.22. The first-order valence-corrected chi connectivity index (χ1v) is 10.5. The van der Waals surface area contributed by atoms with Crippen molar-refractivity contribution < 1.29 is 9.90 Å². The Kier molecular flexibility index (Phi) is 5.48. The zero-order valence-corrected chi connectivity index (χ0v) is 17.4. The van der Waals surface area contributed by atoms with E-state index in [-0.39, 0.29) is 18.2 Å². The topological polar surface area (TPSA) is 80.0 Å². The number of carboxylic acid groups (broad SMARTS) is 1. The van der Waals surface area contributed by atoms with Gasteiger partial charge in [-0.05, 0) is 49.1 Å². The Morgan fingerprint density at radius 3 is 2.63 bits per heavy atom. The van der Waals surface area contributed by atoms with Crippen LogP contribution < -0.4 is 5.69 Å². The number of para-hydroxylation sites is 2. The third kappa shape index (κ3) is 3.54. The lowest BCUT2D eigenvalue weighted by molar-refractivity contribution is -0.137. The molecule has 0 spiro atoms. The molecule has 0 amide bonds. The summed E-state index contributed by atoms with van der Waals surface area (Å²) in [6.45, 7) is 4.65. The molecule has 2 heterocycles. The van der Waals surface area contributed by atoms with Crippen LogP contribution in [0.5, 0.6) is 0 Å². The Hall–Kier alpha value is -3.28. The summed E-state index contributed by atoms with van der Waals surface area (Å²) in [5.74, 6) is -0.883. The minimum atomic E-state index is -0.883. The fourth-order valence-electron chi connectivity index (χ4n) is 4.54. The summed E-state index contributed by atoms with van der Waals surface area (Å²) in [6, 6.07) is 13.5. The molecule has 2 aromatic heterocycles. The van der Waals surface area contributed by atoms with Crippen LogP contribution in [0, 0.1) is 6.92 Å². The maximum atomic E-state index is 13.4. The molecule has 156 valence electrons. The molecule has 0 saturated carbocycles. The van der Waals surface area contributed by atoms with Crippen molar-refractivity contribution in [3.8, 4) is 0 Å². The first-order valence-electron chi connectivity index (χ1n) is 10.5. The van der Waals surface area contributed by atoms with Gasteiger partial charge in [0.2, 0.25) is 0 Å². The third-order valence-corrected chi connectivity index (χ3v) is 5.87. The third-order valence-electron chi connectivity index (χ3n) is 5.87. The number of nitrogens with one attached hydrogen (secondary N) is 1. The minimum Gasteiger partial charge on any atom is -0.481 e. The van der Waals surface area contributed by atoms with Crippen LogP contribution in [0.4, 0.5) is 0 Å². The molecule has 0 fully saturated rings. The van der Waals surface area contributed by atoms with Gasteiger partial charge in [0.1, 0.15) is 0 Å². The van der Waals surface area contributed by atoms with Gasteiger partial charge in [-0.1, -0.05) is 37.6 Å². The van der Waals surface area contributed by atoms with Gasteiger partial charge in [0.25, 0.3) is 0 Å². The maximum Gasteiger partial charge on any atom is 0.329 e. The first kappa shape index (κ1) is 20.0. The van der Waals surface area contributed by atoms with Crippen LogP contribution in [0.25, 0.3) is 21.9 Å². The number of carbonyl (C=O) groups is 1. The Morgan fingerprint density at radius 2 is 1.90 bits per heavy atom. The van der Waals surface area contributed by atoms with Crippen molar-refractivity contribution in [3.05, 3.63) is 70.3 Å². The molecule has 0 saturated heterocycles. The molecule has 0 aliphatic carbocycles. The summed E-state index contributed by atoms with van der Waals surface area (Å²) in [6.07, 6.45) is 4.16. The van der Waals surface area contributed by atoms with Crippen molar-refractivity contribution in [2.75, 3.05) is 0 Å². The van der Waals surface area contributed by atoms with Crippen LogP contribution in [0.15, 0.2) is 53.5 Å². The fourth-order valence-corrected chi connectivity index (χ4v) is 4.54. The van der Waals surface area contributed by atoms with Crippen LogP contribution in [0.1, 0.15) is 43.4 Å². The standard InChI is InChI=1S/C24H27N3O3/c1-3-7-18(14-22(28)29)27-21-11-5-4-10-20(21)26(24(27)30)13-12-17-15-25-19-9-6-8-16(2)23(17)19/h4-6,8-11,15,18,25H,3,7,12-14H2,1-2H3,(H,28,29). The number of aromatic nitrogens is 3. The van der Waals surface area contributed by atoms with Crippen molar-refractivity contribution >= 4 is 27.9 Å². The average molecular weight is 405 g/mol. The molecule has 0 bridgehead atoms. The predicted molar refractivity (Wildman–Crippen MR) is 119 cm³/mol. The normalized spacial score (nSPS) is 12.6. The lowest BCUT2D eigenvalue weighted by Crippen LogP contribution is -2.29. The second-order valence-corrected chi connectivity index (χ2v) is 7.89. The van der Waals surface area contributed by atoms with E-state index in [0.29, 0.717) is 13.0 Å². The van der Waals surface area contributed by atoms with E-state index in [0.717, 1.165) is 29.4 Å². The number of aromatic amines is 1. The van der Waals surface area contributed by atoms with Gasteiger partial charge in [0.05, 0.1) is 17.5 Å². The number of H-pyrrole nitrogens is 1. The van der Waals surface area contributed by atoms with Gasteiger partial charge in [-0.3, -0.25) is 13.9 Å². The predicted octanol–water partition coefficient (Wildman–Crippen LogP) is 4.65. The Balaban J connectivity index is 1.75. The lowest BCUT2D eigenvalue weighted by Gasteiger charge is -2.16. The van der Waals surface area contributed by atoms with Crippen molar-refractivity contribution in [1.82, 2.24) is 14.1 Å². The highest BCUT2D eigenvalue weighted by Crippen LogP contribution is 2.25. The summed E-state index contributed by atoms with van der Waals surface area (Å²) < 4.78 is 3.48. The largest absolute Gasteiger partial charge is 0.481 e. The van der Waals surface area contributed by atoms with Crippen LogP contribution in [0.2, 0.25) is 0 Å². The quantitative estimate of drug-likeness (QED) is 0.448.